The van der Waals surface area contributed by atoms with E-state index in [1.165, 1.54) is 11.3 Å². The van der Waals surface area contributed by atoms with Crippen molar-refractivity contribution in [3.63, 3.8) is 0 Å². The molecule has 1 unspecified atom stereocenters. The highest BCUT2D eigenvalue weighted by molar-refractivity contribution is 7.16. The van der Waals surface area contributed by atoms with Gasteiger partial charge in [-0.25, -0.2) is 0 Å². The molecule has 1 aromatic rings. The van der Waals surface area contributed by atoms with Crippen molar-refractivity contribution in [3.8, 4) is 6.07 Å². The Balaban J connectivity index is 1.95. The minimum atomic E-state index is -0.101. The van der Waals surface area contributed by atoms with Crippen molar-refractivity contribution in [1.29, 1.82) is 5.26 Å². The first-order valence-corrected chi connectivity index (χ1v) is 7.52. The summed E-state index contributed by atoms with van der Waals surface area (Å²) in [5, 5.41) is 19.2. The fraction of sp³-hybridized carbons (Fsp3) is 0.571. The molecular weight excluding hydrogens is 272 g/mol. The summed E-state index contributed by atoms with van der Waals surface area (Å²) < 4.78 is 0. The van der Waals surface area contributed by atoms with Crippen molar-refractivity contribution < 1.29 is 4.79 Å². The smallest absolute Gasteiger partial charge is 0.238 e. The van der Waals surface area contributed by atoms with Gasteiger partial charge in [-0.05, 0) is 39.3 Å². The highest BCUT2D eigenvalue weighted by Crippen LogP contribution is 2.31. The summed E-state index contributed by atoms with van der Waals surface area (Å²) in [4.78, 5) is 13.1. The van der Waals surface area contributed by atoms with Gasteiger partial charge in [0.05, 0.1) is 12.1 Å². The van der Waals surface area contributed by atoms with E-state index >= 15 is 0 Å². The summed E-state index contributed by atoms with van der Waals surface area (Å²) in [6, 6.07) is 2.16. The van der Waals surface area contributed by atoms with E-state index in [9.17, 15) is 4.79 Å². The molecule has 0 aliphatic carbocycles. The summed E-state index contributed by atoms with van der Waals surface area (Å²) in [5.41, 5.74) is 1.51. The van der Waals surface area contributed by atoms with E-state index < -0.39 is 0 Å². The van der Waals surface area contributed by atoms with Crippen LogP contribution in [0.2, 0.25) is 0 Å². The Labute approximate surface area is 123 Å². The van der Waals surface area contributed by atoms with Crippen LogP contribution in [0.5, 0.6) is 0 Å². The van der Waals surface area contributed by atoms with E-state index in [0.29, 0.717) is 10.6 Å². The maximum atomic E-state index is 12.0. The molecule has 2 rings (SSSR count). The Hall–Kier alpha value is -1.42. The lowest BCUT2D eigenvalue weighted by atomic mass is 10.0. The Kier molecular flexibility index (Phi) is 4.43. The van der Waals surface area contributed by atoms with Crippen LogP contribution in [0, 0.1) is 25.2 Å². The lowest BCUT2D eigenvalue weighted by molar-refractivity contribution is -0.115. The zero-order valence-electron chi connectivity index (χ0n) is 12.1. The highest BCUT2D eigenvalue weighted by atomic mass is 32.1. The van der Waals surface area contributed by atoms with Crippen LogP contribution < -0.4 is 16.0 Å². The molecule has 0 radical (unpaired) electrons. The molecular formula is C14H20N4OS. The van der Waals surface area contributed by atoms with Crippen LogP contribution in [0.1, 0.15) is 29.3 Å². The third-order valence-corrected chi connectivity index (χ3v) is 4.92. The number of nitriles is 1. The number of aryl methyl sites for hydroxylation is 1. The second-order valence-corrected chi connectivity index (χ2v) is 6.71. The average molecular weight is 292 g/mol. The van der Waals surface area contributed by atoms with Crippen molar-refractivity contribution in [2.45, 2.75) is 32.7 Å². The van der Waals surface area contributed by atoms with Crippen LogP contribution in [-0.2, 0) is 4.79 Å². The SMILES string of the molecule is Cc1sc(NC(=O)CNC2(C)CCNC2)c(C#N)c1C. The molecule has 1 aromatic heterocycles. The molecule has 1 aliphatic heterocycles. The number of anilines is 1. The number of carbonyl (C=O) groups excluding carboxylic acids is 1. The first kappa shape index (κ1) is 15.0. The van der Waals surface area contributed by atoms with E-state index in [2.05, 4.69) is 28.9 Å². The van der Waals surface area contributed by atoms with Gasteiger partial charge in [0.25, 0.3) is 0 Å². The second-order valence-electron chi connectivity index (χ2n) is 5.49. The lowest BCUT2D eigenvalue weighted by Gasteiger charge is -2.24. The number of thiophene rings is 1. The van der Waals surface area contributed by atoms with Gasteiger partial charge in [-0.2, -0.15) is 5.26 Å². The molecule has 20 heavy (non-hydrogen) atoms. The fourth-order valence-electron chi connectivity index (χ4n) is 2.28. The molecule has 1 fully saturated rings. The van der Waals surface area contributed by atoms with Crippen LogP contribution in [0.3, 0.4) is 0 Å². The van der Waals surface area contributed by atoms with E-state index in [1.807, 2.05) is 13.8 Å². The van der Waals surface area contributed by atoms with Crippen molar-refractivity contribution in [2.24, 2.45) is 0 Å². The molecule has 1 saturated heterocycles. The molecule has 1 amide bonds. The third-order valence-electron chi connectivity index (χ3n) is 3.79. The summed E-state index contributed by atoms with van der Waals surface area (Å²) in [6.45, 7) is 8.09. The third kappa shape index (κ3) is 3.18. The first-order chi connectivity index (χ1) is 9.45. The molecule has 0 spiro atoms. The molecule has 6 heteroatoms. The molecule has 0 aromatic carbocycles. The monoisotopic (exact) mass is 292 g/mol. The first-order valence-electron chi connectivity index (χ1n) is 6.71. The Morgan fingerprint density at radius 3 is 2.90 bits per heavy atom. The van der Waals surface area contributed by atoms with Gasteiger partial charge in [0, 0.05) is 17.0 Å². The zero-order chi connectivity index (χ0) is 14.8. The topological polar surface area (TPSA) is 77.0 Å². The standard InChI is InChI=1S/C14H20N4OS/c1-9-10(2)20-13(11(9)6-15)18-12(19)7-17-14(3)4-5-16-8-14/h16-17H,4-5,7-8H2,1-3H3,(H,18,19). The number of rotatable bonds is 4. The maximum Gasteiger partial charge on any atom is 0.238 e. The van der Waals surface area contributed by atoms with Crippen molar-refractivity contribution in [2.75, 3.05) is 25.0 Å². The predicted molar refractivity (Wildman–Crippen MR) is 81.0 cm³/mol. The molecule has 3 N–H and O–H groups in total. The van der Waals surface area contributed by atoms with Crippen molar-refractivity contribution >= 4 is 22.2 Å². The number of hydrogen-bond acceptors (Lipinski definition) is 5. The number of carbonyl (C=O) groups is 1. The van der Waals surface area contributed by atoms with E-state index in [-0.39, 0.29) is 18.0 Å². The summed E-state index contributed by atoms with van der Waals surface area (Å²) >= 11 is 1.46. The molecule has 1 aliphatic rings. The van der Waals surface area contributed by atoms with Crippen LogP contribution in [0.15, 0.2) is 0 Å². The van der Waals surface area contributed by atoms with Crippen LogP contribution in [0.25, 0.3) is 0 Å². The van der Waals surface area contributed by atoms with Gasteiger partial charge in [0.2, 0.25) is 5.91 Å². The Bertz CT molecular complexity index is 552. The van der Waals surface area contributed by atoms with Crippen molar-refractivity contribution in [1.82, 2.24) is 10.6 Å². The molecule has 0 bridgehead atoms. The van der Waals surface area contributed by atoms with Crippen LogP contribution in [0.4, 0.5) is 5.00 Å². The minimum Gasteiger partial charge on any atom is -0.315 e. The summed E-state index contributed by atoms with van der Waals surface area (Å²) in [5.74, 6) is -0.101. The maximum absolute atomic E-state index is 12.0. The predicted octanol–water partition coefficient (Wildman–Crippen LogP) is 1.52. The van der Waals surface area contributed by atoms with Crippen LogP contribution >= 0.6 is 11.3 Å². The fourth-order valence-corrected chi connectivity index (χ4v) is 3.31. The normalized spacial score (nSPS) is 21.7. The Morgan fingerprint density at radius 2 is 2.30 bits per heavy atom. The Morgan fingerprint density at radius 1 is 1.55 bits per heavy atom. The molecule has 1 atom stereocenters. The second kappa shape index (κ2) is 5.92. The van der Waals surface area contributed by atoms with Gasteiger partial charge >= 0.3 is 0 Å². The highest BCUT2D eigenvalue weighted by Gasteiger charge is 2.28. The van der Waals surface area contributed by atoms with Gasteiger partial charge in [0.1, 0.15) is 11.1 Å². The average Bonchev–Trinajstić information content (AvgIpc) is 2.94. The molecule has 2 heterocycles. The largest absolute Gasteiger partial charge is 0.315 e. The van der Waals surface area contributed by atoms with E-state index in [0.717, 1.165) is 30.0 Å². The quantitative estimate of drug-likeness (QED) is 0.786. The van der Waals surface area contributed by atoms with Crippen molar-refractivity contribution in [3.05, 3.63) is 16.0 Å². The number of nitrogens with zero attached hydrogens (tertiary/aromatic N) is 1. The van der Waals surface area contributed by atoms with Crippen LogP contribution in [-0.4, -0.2) is 31.1 Å². The van der Waals surface area contributed by atoms with E-state index in [1.54, 1.807) is 0 Å². The lowest BCUT2D eigenvalue weighted by Crippen LogP contribution is -2.47. The van der Waals surface area contributed by atoms with Gasteiger partial charge in [-0.3, -0.25) is 4.79 Å². The van der Waals surface area contributed by atoms with Gasteiger partial charge in [0.15, 0.2) is 0 Å². The number of nitrogens with one attached hydrogen (secondary N) is 3. The summed E-state index contributed by atoms with van der Waals surface area (Å²) in [7, 11) is 0. The van der Waals surface area contributed by atoms with Gasteiger partial charge < -0.3 is 16.0 Å². The zero-order valence-corrected chi connectivity index (χ0v) is 12.9. The number of hydrogen-bond donors (Lipinski definition) is 3. The van der Waals surface area contributed by atoms with E-state index in [4.69, 9.17) is 5.26 Å². The molecule has 0 saturated carbocycles. The van der Waals surface area contributed by atoms with Gasteiger partial charge in [-0.15, -0.1) is 11.3 Å². The van der Waals surface area contributed by atoms with Gasteiger partial charge in [-0.1, -0.05) is 0 Å². The minimum absolute atomic E-state index is 0.0172. The molecule has 5 nitrogen and oxygen atoms in total. The summed E-state index contributed by atoms with van der Waals surface area (Å²) in [6.07, 6.45) is 1.01. The number of amides is 1. The molecule has 108 valence electrons.